The van der Waals surface area contributed by atoms with Gasteiger partial charge in [0.25, 0.3) is 5.91 Å². The van der Waals surface area contributed by atoms with E-state index < -0.39 is 15.9 Å². The van der Waals surface area contributed by atoms with Gasteiger partial charge in [-0.15, -0.1) is 0 Å². The summed E-state index contributed by atoms with van der Waals surface area (Å²) in [6, 6.07) is 13.7. The zero-order valence-corrected chi connectivity index (χ0v) is 15.6. The number of amides is 1. The van der Waals surface area contributed by atoms with Crippen molar-refractivity contribution < 1.29 is 17.9 Å². The number of aryl methyl sites for hydroxylation is 1. The lowest BCUT2D eigenvalue weighted by atomic mass is 10.1. The molecule has 0 aliphatic heterocycles. The van der Waals surface area contributed by atoms with Gasteiger partial charge in [-0.1, -0.05) is 30.3 Å². The Morgan fingerprint density at radius 2 is 1.64 bits per heavy atom. The number of hydrogen-bond acceptors (Lipinski definition) is 4. The molecule has 0 aliphatic carbocycles. The second-order valence-corrected chi connectivity index (χ2v) is 8.11. The summed E-state index contributed by atoms with van der Waals surface area (Å²) in [6.45, 7) is 5.46. The Bertz CT molecular complexity index is 844. The van der Waals surface area contributed by atoms with Gasteiger partial charge in [0.05, 0.1) is 10.9 Å². The van der Waals surface area contributed by atoms with Crippen LogP contribution >= 0.6 is 0 Å². The highest BCUT2D eigenvalue weighted by Gasteiger charge is 2.18. The summed E-state index contributed by atoms with van der Waals surface area (Å²) >= 11 is 0. The van der Waals surface area contributed by atoms with E-state index in [1.165, 1.54) is 0 Å². The van der Waals surface area contributed by atoms with E-state index in [-0.39, 0.29) is 16.8 Å². The van der Waals surface area contributed by atoms with E-state index in [0.29, 0.717) is 5.75 Å². The van der Waals surface area contributed by atoms with Crippen LogP contribution in [0.1, 0.15) is 31.0 Å². The molecule has 0 aliphatic rings. The van der Waals surface area contributed by atoms with Crippen molar-refractivity contribution in [1.82, 2.24) is 5.32 Å². The molecule has 0 saturated heterocycles. The van der Waals surface area contributed by atoms with E-state index in [0.717, 1.165) is 17.4 Å². The Morgan fingerprint density at radius 3 is 2.20 bits per heavy atom. The van der Waals surface area contributed by atoms with Crippen molar-refractivity contribution in [3.8, 4) is 5.75 Å². The molecule has 1 N–H and O–H groups in total. The third kappa shape index (κ3) is 5.06. The van der Waals surface area contributed by atoms with Crippen molar-refractivity contribution in [2.45, 2.75) is 37.8 Å². The zero-order chi connectivity index (χ0) is 18.6. The number of hydrogen-bond donors (Lipinski definition) is 1. The third-order valence-electron chi connectivity index (χ3n) is 3.93. The molecule has 0 heterocycles. The maximum atomic E-state index is 12.3. The van der Waals surface area contributed by atoms with E-state index in [1.54, 1.807) is 31.2 Å². The van der Waals surface area contributed by atoms with E-state index >= 15 is 0 Å². The zero-order valence-electron chi connectivity index (χ0n) is 14.8. The van der Waals surface area contributed by atoms with E-state index in [9.17, 15) is 13.2 Å². The van der Waals surface area contributed by atoms with Gasteiger partial charge in [0.2, 0.25) is 0 Å². The molecule has 2 atom stereocenters. The molecule has 0 spiro atoms. The van der Waals surface area contributed by atoms with Gasteiger partial charge in [0.15, 0.2) is 15.9 Å². The molecule has 6 heteroatoms. The van der Waals surface area contributed by atoms with Crippen LogP contribution in [0.15, 0.2) is 53.4 Å². The van der Waals surface area contributed by atoms with Gasteiger partial charge < -0.3 is 10.1 Å². The standard InChI is InChI=1S/C19H23NO4S/c1-13-7-5-6-8-18(13)24-15(3)19(21)20-14(2)16-9-11-17(12-10-16)25(4,22)23/h5-12,14-15H,1-4H3,(H,20,21)/t14-,15+/m0/s1. The molecule has 2 rings (SSSR count). The minimum atomic E-state index is -3.23. The van der Waals surface area contributed by atoms with Crippen LogP contribution in [-0.4, -0.2) is 26.7 Å². The molecule has 2 aromatic carbocycles. The Morgan fingerprint density at radius 1 is 1.04 bits per heavy atom. The summed E-state index contributed by atoms with van der Waals surface area (Å²) in [5, 5.41) is 2.88. The van der Waals surface area contributed by atoms with E-state index in [1.807, 2.05) is 38.1 Å². The maximum Gasteiger partial charge on any atom is 0.261 e. The predicted molar refractivity (Wildman–Crippen MR) is 97.4 cm³/mol. The monoisotopic (exact) mass is 361 g/mol. The topological polar surface area (TPSA) is 72.5 Å². The highest BCUT2D eigenvalue weighted by Crippen LogP contribution is 2.19. The first-order valence-electron chi connectivity index (χ1n) is 8.01. The van der Waals surface area contributed by atoms with Gasteiger partial charge in [-0.05, 0) is 50.1 Å². The summed E-state index contributed by atoms with van der Waals surface area (Å²) in [7, 11) is -3.23. The maximum absolute atomic E-state index is 12.3. The lowest BCUT2D eigenvalue weighted by molar-refractivity contribution is -0.127. The van der Waals surface area contributed by atoms with Crippen LogP contribution in [0.25, 0.3) is 0 Å². The van der Waals surface area contributed by atoms with Crippen LogP contribution in [0.3, 0.4) is 0 Å². The highest BCUT2D eigenvalue weighted by molar-refractivity contribution is 7.90. The van der Waals surface area contributed by atoms with Crippen LogP contribution in [0.2, 0.25) is 0 Å². The Kier molecular flexibility index (Phi) is 5.85. The number of sulfone groups is 1. The smallest absolute Gasteiger partial charge is 0.261 e. The Labute approximate surface area is 148 Å². The summed E-state index contributed by atoms with van der Waals surface area (Å²) < 4.78 is 28.7. The van der Waals surface area contributed by atoms with Gasteiger partial charge in [0.1, 0.15) is 5.75 Å². The highest BCUT2D eigenvalue weighted by atomic mass is 32.2. The number of rotatable bonds is 6. The van der Waals surface area contributed by atoms with Gasteiger partial charge in [-0.25, -0.2) is 8.42 Å². The molecule has 0 radical (unpaired) electrons. The summed E-state index contributed by atoms with van der Waals surface area (Å²) in [4.78, 5) is 12.6. The molecule has 0 fully saturated rings. The average Bonchev–Trinajstić information content (AvgIpc) is 2.56. The molecule has 0 unspecified atom stereocenters. The van der Waals surface area contributed by atoms with Crippen LogP contribution < -0.4 is 10.1 Å². The first-order chi connectivity index (χ1) is 11.7. The van der Waals surface area contributed by atoms with Crippen molar-refractivity contribution >= 4 is 15.7 Å². The minimum Gasteiger partial charge on any atom is -0.481 e. The fraction of sp³-hybridized carbons (Fsp3) is 0.316. The van der Waals surface area contributed by atoms with Gasteiger partial charge in [-0.2, -0.15) is 0 Å². The van der Waals surface area contributed by atoms with Gasteiger partial charge in [-0.3, -0.25) is 4.79 Å². The quantitative estimate of drug-likeness (QED) is 0.858. The molecule has 5 nitrogen and oxygen atoms in total. The minimum absolute atomic E-state index is 0.233. The van der Waals surface area contributed by atoms with Gasteiger partial charge in [0, 0.05) is 6.26 Å². The second kappa shape index (κ2) is 7.70. The second-order valence-electron chi connectivity index (χ2n) is 6.10. The van der Waals surface area contributed by atoms with Crippen molar-refractivity contribution in [1.29, 1.82) is 0 Å². The van der Waals surface area contributed by atoms with Gasteiger partial charge >= 0.3 is 0 Å². The average molecular weight is 361 g/mol. The summed E-state index contributed by atoms with van der Waals surface area (Å²) in [5.41, 5.74) is 1.79. The molecule has 2 aromatic rings. The Balaban J connectivity index is 2.00. The Hall–Kier alpha value is -2.34. The number of nitrogens with one attached hydrogen (secondary N) is 1. The van der Waals surface area contributed by atoms with Crippen LogP contribution in [0, 0.1) is 6.92 Å². The van der Waals surface area contributed by atoms with E-state index in [2.05, 4.69) is 5.32 Å². The molecule has 0 bridgehead atoms. The van der Waals surface area contributed by atoms with Crippen LogP contribution in [0.4, 0.5) is 0 Å². The fourth-order valence-corrected chi connectivity index (χ4v) is 2.98. The number of carbonyl (C=O) groups is 1. The SMILES string of the molecule is Cc1ccccc1O[C@H](C)C(=O)N[C@@H](C)c1ccc(S(C)(=O)=O)cc1. The van der Waals surface area contributed by atoms with Crippen molar-refractivity contribution in [3.05, 3.63) is 59.7 Å². The van der Waals surface area contributed by atoms with Crippen molar-refractivity contribution in [3.63, 3.8) is 0 Å². The predicted octanol–water partition coefficient (Wildman–Crippen LogP) is 3.04. The molecule has 25 heavy (non-hydrogen) atoms. The normalized spacial score (nSPS) is 13.8. The molecule has 0 aromatic heterocycles. The molecule has 134 valence electrons. The summed E-state index contributed by atoms with van der Waals surface area (Å²) in [6.07, 6.45) is 0.525. The van der Waals surface area contributed by atoms with Crippen LogP contribution in [0.5, 0.6) is 5.75 Å². The third-order valence-corrected chi connectivity index (χ3v) is 5.06. The summed E-state index contributed by atoms with van der Waals surface area (Å²) in [5.74, 6) is 0.443. The van der Waals surface area contributed by atoms with Crippen molar-refractivity contribution in [2.24, 2.45) is 0 Å². The van der Waals surface area contributed by atoms with E-state index in [4.69, 9.17) is 4.74 Å². The molecule has 1 amide bonds. The largest absolute Gasteiger partial charge is 0.481 e. The molecular weight excluding hydrogens is 338 g/mol. The van der Waals surface area contributed by atoms with Crippen LogP contribution in [-0.2, 0) is 14.6 Å². The number of ether oxygens (including phenoxy) is 1. The fourth-order valence-electron chi connectivity index (χ4n) is 2.35. The lowest BCUT2D eigenvalue weighted by Gasteiger charge is -2.20. The molecule has 0 saturated carbocycles. The first-order valence-corrected chi connectivity index (χ1v) is 9.90. The lowest BCUT2D eigenvalue weighted by Crippen LogP contribution is -2.37. The first kappa shape index (κ1) is 19.0. The number of para-hydroxylation sites is 1. The van der Waals surface area contributed by atoms with Crippen molar-refractivity contribution in [2.75, 3.05) is 6.26 Å². The number of carbonyl (C=O) groups excluding carboxylic acids is 1. The molecular formula is C19H23NO4S. The number of benzene rings is 2.